The fourth-order valence-electron chi connectivity index (χ4n) is 3.94. The van der Waals surface area contributed by atoms with Crippen LogP contribution in [-0.4, -0.2) is 59.5 Å². The van der Waals surface area contributed by atoms with E-state index in [9.17, 15) is 9.18 Å². The van der Waals surface area contributed by atoms with E-state index in [4.69, 9.17) is 19.4 Å². The van der Waals surface area contributed by atoms with Crippen LogP contribution in [0.1, 0.15) is 11.3 Å². The molecule has 1 fully saturated rings. The number of amides is 1. The predicted octanol–water partition coefficient (Wildman–Crippen LogP) is 1.72. The molecule has 166 valence electrons. The Morgan fingerprint density at radius 3 is 2.72 bits per heavy atom. The summed E-state index contributed by atoms with van der Waals surface area (Å²) in [6, 6.07) is 8.85. The van der Waals surface area contributed by atoms with E-state index in [2.05, 4.69) is 19.8 Å². The number of anilines is 1. The Labute approximate surface area is 181 Å². The Hall–Kier alpha value is -3.02. The molecule has 0 bridgehead atoms. The van der Waals surface area contributed by atoms with Crippen LogP contribution < -0.4 is 4.90 Å². The van der Waals surface area contributed by atoms with Gasteiger partial charge in [0.15, 0.2) is 11.9 Å². The fourth-order valence-corrected chi connectivity index (χ4v) is 4.28. The molecule has 0 saturated carbocycles. The molecule has 5 rings (SSSR count). The molecule has 2 aliphatic rings. The van der Waals surface area contributed by atoms with Crippen LogP contribution in [0.3, 0.4) is 0 Å². The normalized spacial score (nSPS) is 19.8. The van der Waals surface area contributed by atoms with E-state index in [-0.39, 0.29) is 18.3 Å². The van der Waals surface area contributed by atoms with Gasteiger partial charge in [0.05, 0.1) is 17.9 Å². The molecule has 0 aliphatic carbocycles. The van der Waals surface area contributed by atoms with Gasteiger partial charge in [0.2, 0.25) is 0 Å². The summed E-state index contributed by atoms with van der Waals surface area (Å²) >= 11 is 0. The summed E-state index contributed by atoms with van der Waals surface area (Å²) in [5, 5.41) is 7.55. The van der Waals surface area contributed by atoms with Gasteiger partial charge >= 0.3 is 14.3 Å². The molecule has 11 nitrogen and oxygen atoms in total. The van der Waals surface area contributed by atoms with Gasteiger partial charge in [-0.05, 0) is 41.8 Å². The minimum absolute atomic E-state index is 0.224. The second-order valence-electron chi connectivity index (χ2n) is 7.41. The van der Waals surface area contributed by atoms with Crippen LogP contribution in [0.2, 0.25) is 0 Å². The van der Waals surface area contributed by atoms with Gasteiger partial charge in [0, 0.05) is 11.8 Å². The van der Waals surface area contributed by atoms with Crippen LogP contribution >= 0.6 is 8.17 Å². The first-order valence-corrected chi connectivity index (χ1v) is 11.2. The quantitative estimate of drug-likeness (QED) is 0.467. The van der Waals surface area contributed by atoms with Crippen molar-refractivity contribution < 1.29 is 33.1 Å². The zero-order valence-corrected chi connectivity index (χ0v) is 17.3. The first-order chi connectivity index (χ1) is 15.3. The number of rotatable bonds is 6. The second kappa shape index (κ2) is 7.84. The van der Waals surface area contributed by atoms with E-state index in [1.807, 2.05) is 24.3 Å². The van der Waals surface area contributed by atoms with E-state index >= 15 is 0 Å². The van der Waals surface area contributed by atoms with Crippen molar-refractivity contribution in [2.75, 3.05) is 11.5 Å². The molecule has 2 aliphatic heterocycles. The number of carbonyl (C=O) groups is 1. The van der Waals surface area contributed by atoms with Crippen molar-refractivity contribution in [1.82, 2.24) is 20.0 Å². The number of halogens is 1. The van der Waals surface area contributed by atoms with Gasteiger partial charge in [-0.15, -0.1) is 9.62 Å². The molecule has 0 radical (unpaired) electrons. The van der Waals surface area contributed by atoms with Crippen molar-refractivity contribution in [2.45, 2.75) is 25.2 Å². The number of pyridine rings is 1. The Bertz CT molecular complexity index is 1170. The molecule has 0 spiro atoms. The van der Waals surface area contributed by atoms with Crippen molar-refractivity contribution in [3.05, 3.63) is 54.0 Å². The van der Waals surface area contributed by atoms with Gasteiger partial charge in [-0.25, -0.2) is 18.9 Å². The fraction of sp³-hybridized carbons (Fsp3) is 0.263. The molecule has 13 heteroatoms. The third-order valence-corrected chi connectivity index (χ3v) is 5.88. The van der Waals surface area contributed by atoms with Crippen LogP contribution in [0, 0.1) is 0 Å². The predicted molar refractivity (Wildman–Crippen MR) is 109 cm³/mol. The molecule has 4 heterocycles. The zero-order chi connectivity index (χ0) is 22.5. The highest BCUT2D eigenvalue weighted by Gasteiger charge is 2.49. The van der Waals surface area contributed by atoms with E-state index in [1.165, 1.54) is 15.8 Å². The molecule has 32 heavy (non-hydrogen) atoms. The van der Waals surface area contributed by atoms with Crippen molar-refractivity contribution in [2.24, 2.45) is 0 Å². The monoisotopic (exact) mass is 462 g/mol. The number of hydrogen-bond acceptors (Lipinski definition) is 9. The number of benzene rings is 1. The molecule has 2 atom stereocenters. The standard InChI is InChI=1S/C19H18FN5O6P/c20-7-14-9-24(23-22-14)18-4-2-12(8-21-18)11-1-3-15-13(5-11)6-16-17(10-30-32(27,28)29)31-19(26)25(15)16/h1-5,8-9,16-17,27-29H,6-7,10H2/q+1/t16-,17-/m0/s1. The Morgan fingerprint density at radius 1 is 1.22 bits per heavy atom. The summed E-state index contributed by atoms with van der Waals surface area (Å²) in [5.74, 6) is 0.504. The average Bonchev–Trinajstić information content (AvgIpc) is 3.47. The summed E-state index contributed by atoms with van der Waals surface area (Å²) in [7, 11) is -4.42. The summed E-state index contributed by atoms with van der Waals surface area (Å²) in [6.45, 7) is -1.03. The van der Waals surface area contributed by atoms with Crippen LogP contribution in [0.25, 0.3) is 16.9 Å². The van der Waals surface area contributed by atoms with E-state index in [0.29, 0.717) is 17.9 Å². The molecule has 1 aromatic carbocycles. The SMILES string of the molecule is O=C1O[C@@H](CO[P+](O)(O)O)[C@@H]2Cc3cc(-c4ccc(-n5cc(CF)nn5)nc4)ccc3N12. The average molecular weight is 462 g/mol. The van der Waals surface area contributed by atoms with Gasteiger partial charge in [0.1, 0.15) is 19.0 Å². The first kappa shape index (κ1) is 20.9. The zero-order valence-electron chi connectivity index (χ0n) is 16.4. The Balaban J connectivity index is 1.36. The molecular weight excluding hydrogens is 444 g/mol. The highest BCUT2D eigenvalue weighted by atomic mass is 31.2. The summed E-state index contributed by atoms with van der Waals surface area (Å²) in [4.78, 5) is 45.3. The van der Waals surface area contributed by atoms with Crippen LogP contribution in [0.4, 0.5) is 14.9 Å². The Morgan fingerprint density at radius 2 is 2.03 bits per heavy atom. The number of nitrogens with zero attached hydrogens (tertiary/aromatic N) is 5. The van der Waals surface area contributed by atoms with Crippen LogP contribution in [0.5, 0.6) is 0 Å². The van der Waals surface area contributed by atoms with Crippen molar-refractivity contribution in [3.8, 4) is 16.9 Å². The van der Waals surface area contributed by atoms with E-state index < -0.39 is 27.0 Å². The summed E-state index contributed by atoms with van der Waals surface area (Å²) < 4.78 is 24.0. The van der Waals surface area contributed by atoms with Gasteiger partial charge in [-0.3, -0.25) is 4.90 Å². The van der Waals surface area contributed by atoms with Gasteiger partial charge < -0.3 is 4.74 Å². The topological polar surface area (TPSA) is 143 Å². The maximum Gasteiger partial charge on any atom is 0.567 e. The van der Waals surface area contributed by atoms with Crippen molar-refractivity contribution in [3.63, 3.8) is 0 Å². The molecular formula is C19H18FN5O6P+. The summed E-state index contributed by atoms with van der Waals surface area (Å²) in [6.07, 6.45) is 2.32. The lowest BCUT2D eigenvalue weighted by Crippen LogP contribution is -2.35. The number of hydrogen-bond donors (Lipinski definition) is 3. The van der Waals surface area contributed by atoms with Crippen LogP contribution in [-0.2, 0) is 22.4 Å². The smallest absolute Gasteiger partial charge is 0.441 e. The first-order valence-electron chi connectivity index (χ1n) is 9.61. The van der Waals surface area contributed by atoms with Crippen LogP contribution in [0.15, 0.2) is 42.7 Å². The Kier molecular flexibility index (Phi) is 5.11. The molecule has 1 amide bonds. The lowest BCUT2D eigenvalue weighted by molar-refractivity contribution is 0.0659. The van der Waals surface area contributed by atoms with Gasteiger partial charge in [0.25, 0.3) is 0 Å². The highest BCUT2D eigenvalue weighted by Crippen LogP contribution is 2.47. The second-order valence-corrected chi connectivity index (χ2v) is 8.69. The maximum absolute atomic E-state index is 12.7. The number of aromatic nitrogens is 4. The molecule has 3 N–H and O–H groups in total. The largest absolute Gasteiger partial charge is 0.567 e. The minimum Gasteiger partial charge on any atom is -0.441 e. The molecule has 2 aromatic heterocycles. The van der Waals surface area contributed by atoms with E-state index in [1.54, 1.807) is 12.3 Å². The third kappa shape index (κ3) is 3.83. The maximum atomic E-state index is 12.7. The minimum atomic E-state index is -4.42. The number of alkyl halides is 1. The van der Waals surface area contributed by atoms with Crippen molar-refractivity contribution in [1.29, 1.82) is 0 Å². The number of carbonyl (C=O) groups excluding carboxylic acids is 1. The van der Waals surface area contributed by atoms with Crippen molar-refractivity contribution >= 4 is 20.0 Å². The third-order valence-electron chi connectivity index (χ3n) is 5.38. The lowest BCUT2D eigenvalue weighted by atomic mass is 10.0. The molecule has 3 aromatic rings. The number of ether oxygens (including phenoxy) is 1. The number of cyclic esters (lactones) is 1. The van der Waals surface area contributed by atoms with Gasteiger partial charge in [-0.2, -0.15) is 14.7 Å². The molecule has 0 unspecified atom stereocenters. The van der Waals surface area contributed by atoms with Gasteiger partial charge in [-0.1, -0.05) is 11.3 Å². The highest BCUT2D eigenvalue weighted by molar-refractivity contribution is 7.53. The summed E-state index contributed by atoms with van der Waals surface area (Å²) in [5.41, 5.74) is 3.57. The van der Waals surface area contributed by atoms with E-state index in [0.717, 1.165) is 16.7 Å². The lowest BCUT2D eigenvalue weighted by Gasteiger charge is -2.15. The molecule has 1 saturated heterocycles. The number of fused-ring (bicyclic) bond motifs is 3.